The number of allylic oxidation sites excluding steroid dienone is 2. The van der Waals surface area contributed by atoms with Gasteiger partial charge in [-0.1, -0.05) is 72.3 Å². The molecule has 5 nitrogen and oxygen atoms in total. The van der Waals surface area contributed by atoms with E-state index < -0.39 is 12.5 Å². The monoisotopic (exact) mass is 474 g/mol. The lowest BCUT2D eigenvalue weighted by atomic mass is 10.2. The molecule has 2 aliphatic rings. The molecule has 10 heteroatoms. The third-order valence-electron chi connectivity index (χ3n) is 4.05. The predicted octanol–water partition coefficient (Wildman–Crippen LogP) is 5.38. The second-order valence-corrected chi connectivity index (χ2v) is 9.58. The predicted molar refractivity (Wildman–Crippen MR) is 120 cm³/mol. The van der Waals surface area contributed by atoms with E-state index in [2.05, 4.69) is 11.8 Å². The second kappa shape index (κ2) is 9.09. The van der Waals surface area contributed by atoms with E-state index in [1.54, 1.807) is 17.8 Å². The van der Waals surface area contributed by atoms with Crippen LogP contribution < -0.4 is 4.90 Å². The highest BCUT2D eigenvalue weighted by atomic mass is 35.5. The van der Waals surface area contributed by atoms with Gasteiger partial charge < -0.3 is 10.0 Å². The van der Waals surface area contributed by atoms with E-state index in [1.165, 1.54) is 0 Å². The largest absolute Gasteiger partial charge is 0.480 e. The fourth-order valence-electron chi connectivity index (χ4n) is 2.70. The summed E-state index contributed by atoms with van der Waals surface area (Å²) in [5.41, 5.74) is 0.992. The van der Waals surface area contributed by atoms with Gasteiger partial charge in [0, 0.05) is 11.4 Å². The Morgan fingerprint density at radius 1 is 1.21 bits per heavy atom. The Labute approximate surface area is 186 Å². The maximum Gasteiger partial charge on any atom is 0.323 e. The summed E-state index contributed by atoms with van der Waals surface area (Å²) in [4.78, 5) is 28.0. The molecule has 1 N–H and O–H groups in total. The number of anilines is 1. The molecule has 3 rings (SSSR count). The number of amides is 1. The quantitative estimate of drug-likeness (QED) is 0.438. The number of hydrogen-bond acceptors (Lipinski definition) is 6. The van der Waals surface area contributed by atoms with Gasteiger partial charge in [0.1, 0.15) is 10.9 Å². The van der Waals surface area contributed by atoms with Gasteiger partial charge in [-0.25, -0.2) is 0 Å². The minimum absolute atomic E-state index is 0.251. The molecular formula is C18H16Cl2N2O3S3. The number of aliphatic carboxylic acids is 1. The first-order chi connectivity index (χ1) is 13.3. The van der Waals surface area contributed by atoms with Crippen LogP contribution in [0.4, 0.5) is 5.69 Å². The Morgan fingerprint density at radius 2 is 1.93 bits per heavy atom. The van der Waals surface area contributed by atoms with Crippen LogP contribution in [0.25, 0.3) is 0 Å². The maximum absolute atomic E-state index is 12.4. The molecule has 0 aliphatic carbocycles. The molecule has 1 amide bonds. The molecule has 1 fully saturated rings. The van der Waals surface area contributed by atoms with Crippen molar-refractivity contribution in [1.82, 2.24) is 4.90 Å². The smallest absolute Gasteiger partial charge is 0.323 e. The molecular weight excluding hydrogens is 459 g/mol. The molecule has 0 aromatic heterocycles. The average Bonchev–Trinajstić information content (AvgIpc) is 3.09. The zero-order chi connectivity index (χ0) is 20.4. The number of fused-ring (bicyclic) bond motifs is 1. The first kappa shape index (κ1) is 21.5. The van der Waals surface area contributed by atoms with E-state index >= 15 is 0 Å². The van der Waals surface area contributed by atoms with Gasteiger partial charge in [-0.3, -0.25) is 14.5 Å². The van der Waals surface area contributed by atoms with Crippen LogP contribution in [0.3, 0.4) is 0 Å². The van der Waals surface area contributed by atoms with Gasteiger partial charge in [0.05, 0.1) is 25.7 Å². The Morgan fingerprint density at radius 3 is 2.61 bits per heavy atom. The van der Waals surface area contributed by atoms with Crippen LogP contribution in [0.5, 0.6) is 0 Å². The van der Waals surface area contributed by atoms with Crippen molar-refractivity contribution in [3.05, 3.63) is 44.3 Å². The molecule has 0 radical (unpaired) electrons. The van der Waals surface area contributed by atoms with E-state index in [1.807, 2.05) is 18.2 Å². The highest BCUT2D eigenvalue weighted by Gasteiger charge is 2.33. The van der Waals surface area contributed by atoms with Gasteiger partial charge in [-0.15, -0.1) is 0 Å². The van der Waals surface area contributed by atoms with Gasteiger partial charge in [-0.2, -0.15) is 0 Å². The number of carbonyl (C=O) groups excluding carboxylic acids is 1. The normalized spacial score (nSPS) is 19.2. The molecule has 2 aliphatic heterocycles. The lowest BCUT2D eigenvalue weighted by Crippen LogP contribution is -2.33. The number of rotatable bonds is 6. The Bertz CT molecular complexity index is 918. The standard InChI is InChI=1S/C18H16Cl2N2O3S3/c1-2-3-6-21-12-7-10(19)11(20)8-14(12)27-15(21)5-4-13-17(25)22(9-16(23)24)18(26)28-13/h4-5,7-8H,2-3,6,9H2,1H3,(H,23,24)/b13-4+,15-5-. The van der Waals surface area contributed by atoms with Gasteiger partial charge in [0.2, 0.25) is 0 Å². The topological polar surface area (TPSA) is 60.9 Å². The molecule has 1 aromatic rings. The first-order valence-corrected chi connectivity index (χ1v) is 11.2. The maximum atomic E-state index is 12.4. The molecule has 1 saturated heterocycles. The molecule has 0 bridgehead atoms. The zero-order valence-corrected chi connectivity index (χ0v) is 18.7. The van der Waals surface area contributed by atoms with Crippen molar-refractivity contribution < 1.29 is 14.7 Å². The van der Waals surface area contributed by atoms with Crippen LogP contribution >= 0.6 is 58.9 Å². The summed E-state index contributed by atoms with van der Waals surface area (Å²) in [6.45, 7) is 2.50. The number of thiocarbonyl (C=S) groups is 1. The van der Waals surface area contributed by atoms with Crippen LogP contribution in [0.1, 0.15) is 19.8 Å². The third-order valence-corrected chi connectivity index (χ3v) is 7.28. The lowest BCUT2D eigenvalue weighted by molar-refractivity contribution is -0.140. The van der Waals surface area contributed by atoms with Crippen LogP contribution in [0.15, 0.2) is 39.1 Å². The van der Waals surface area contributed by atoms with Gasteiger partial charge in [0.25, 0.3) is 5.91 Å². The van der Waals surface area contributed by atoms with Crippen molar-refractivity contribution in [2.45, 2.75) is 24.7 Å². The minimum Gasteiger partial charge on any atom is -0.480 e. The van der Waals surface area contributed by atoms with E-state index in [-0.39, 0.29) is 10.2 Å². The van der Waals surface area contributed by atoms with Crippen LogP contribution in [-0.2, 0) is 9.59 Å². The van der Waals surface area contributed by atoms with Crippen LogP contribution in [0.2, 0.25) is 10.0 Å². The number of carboxylic acids is 1. The fourth-order valence-corrected chi connectivity index (χ4v) is 5.39. The van der Waals surface area contributed by atoms with E-state index in [0.29, 0.717) is 15.0 Å². The highest BCUT2D eigenvalue weighted by Crippen LogP contribution is 2.49. The van der Waals surface area contributed by atoms with Crippen LogP contribution in [0, 0.1) is 0 Å². The second-order valence-electron chi connectivity index (χ2n) is 6.03. The van der Waals surface area contributed by atoms with Crippen molar-refractivity contribution in [1.29, 1.82) is 0 Å². The lowest BCUT2D eigenvalue weighted by Gasteiger charge is -2.20. The third kappa shape index (κ3) is 4.52. The molecule has 0 atom stereocenters. The Hall–Kier alpha value is -1.19. The number of benzene rings is 1. The number of thioether (sulfide) groups is 2. The number of nitrogens with zero attached hydrogens (tertiary/aromatic N) is 2. The van der Waals surface area contributed by atoms with Crippen molar-refractivity contribution in [2.24, 2.45) is 0 Å². The van der Waals surface area contributed by atoms with Gasteiger partial charge in [-0.05, 0) is 30.7 Å². The number of carboxylic acid groups (broad SMARTS) is 1. The molecule has 2 heterocycles. The van der Waals surface area contributed by atoms with E-state index in [4.69, 9.17) is 40.5 Å². The summed E-state index contributed by atoms with van der Waals surface area (Å²) in [5, 5.41) is 10.9. The Kier molecular flexibility index (Phi) is 6.98. The molecule has 148 valence electrons. The number of unbranched alkanes of at least 4 members (excludes halogenated alkanes) is 1. The highest BCUT2D eigenvalue weighted by molar-refractivity contribution is 8.26. The van der Waals surface area contributed by atoms with E-state index in [0.717, 1.165) is 51.7 Å². The fraction of sp³-hybridized carbons (Fsp3) is 0.278. The molecule has 28 heavy (non-hydrogen) atoms. The van der Waals surface area contributed by atoms with Crippen molar-refractivity contribution in [3.63, 3.8) is 0 Å². The number of carbonyl (C=O) groups is 2. The molecule has 0 unspecified atom stereocenters. The summed E-state index contributed by atoms with van der Waals surface area (Å²) in [6.07, 6.45) is 5.59. The summed E-state index contributed by atoms with van der Waals surface area (Å²) in [6, 6.07) is 3.70. The summed E-state index contributed by atoms with van der Waals surface area (Å²) in [7, 11) is 0. The van der Waals surface area contributed by atoms with Crippen molar-refractivity contribution >= 4 is 80.8 Å². The van der Waals surface area contributed by atoms with Gasteiger partial charge in [0.15, 0.2) is 0 Å². The average molecular weight is 475 g/mol. The van der Waals surface area contributed by atoms with Crippen LogP contribution in [-0.4, -0.2) is 39.3 Å². The van der Waals surface area contributed by atoms with Crippen molar-refractivity contribution in [2.75, 3.05) is 18.0 Å². The SMILES string of the molecule is CCCCN1/C(=C/C=C2/SC(=S)N(CC(=O)O)C2=O)Sc2cc(Cl)c(Cl)cc21. The first-order valence-electron chi connectivity index (χ1n) is 8.43. The van der Waals surface area contributed by atoms with Crippen molar-refractivity contribution in [3.8, 4) is 0 Å². The van der Waals surface area contributed by atoms with Gasteiger partial charge >= 0.3 is 5.97 Å². The Balaban J connectivity index is 1.88. The summed E-state index contributed by atoms with van der Waals surface area (Å²) in [5.74, 6) is -1.49. The minimum atomic E-state index is -1.10. The number of hydrogen-bond donors (Lipinski definition) is 1. The molecule has 0 saturated carbocycles. The van der Waals surface area contributed by atoms with E-state index in [9.17, 15) is 9.59 Å². The molecule has 0 spiro atoms. The zero-order valence-electron chi connectivity index (χ0n) is 14.8. The number of halogens is 2. The summed E-state index contributed by atoms with van der Waals surface area (Å²) < 4.78 is 0.251. The summed E-state index contributed by atoms with van der Waals surface area (Å²) >= 11 is 20.1. The molecule has 1 aromatic carbocycles.